The van der Waals surface area contributed by atoms with E-state index in [9.17, 15) is 19.2 Å². The Balaban J connectivity index is 2.20. The maximum absolute atomic E-state index is 13.5. The summed E-state index contributed by atoms with van der Waals surface area (Å²) in [5.74, 6) is -1.55. The minimum atomic E-state index is -0.946. The van der Waals surface area contributed by atoms with Crippen LogP contribution in [-0.2, 0) is 36.7 Å². The normalized spacial score (nSPS) is 13.5. The molecular formula is C31H43N3O6. The highest BCUT2D eigenvalue weighted by Crippen LogP contribution is 2.12. The number of hydrogen-bond acceptors (Lipinski definition) is 6. The number of alkyl carbamates (subject to hydrolysis) is 1. The minimum absolute atomic E-state index is 0.0586. The van der Waals surface area contributed by atoms with Crippen LogP contribution in [0.15, 0.2) is 60.7 Å². The van der Waals surface area contributed by atoms with Crippen molar-refractivity contribution in [2.24, 2.45) is 5.92 Å². The topological polar surface area (TPSA) is 123 Å². The number of rotatable bonds is 13. The molecule has 0 aromatic heterocycles. The molecule has 0 bridgehead atoms. The summed E-state index contributed by atoms with van der Waals surface area (Å²) in [4.78, 5) is 51.9. The van der Waals surface area contributed by atoms with Crippen LogP contribution in [0.5, 0.6) is 0 Å². The van der Waals surface area contributed by atoms with Gasteiger partial charge in [-0.1, -0.05) is 74.5 Å². The number of hydrogen-bond donors (Lipinski definition) is 3. The van der Waals surface area contributed by atoms with Crippen molar-refractivity contribution in [3.8, 4) is 0 Å². The smallest absolute Gasteiger partial charge is 0.408 e. The van der Waals surface area contributed by atoms with Crippen LogP contribution in [0.25, 0.3) is 0 Å². The summed E-state index contributed by atoms with van der Waals surface area (Å²) in [5.41, 5.74) is 1.11. The maximum atomic E-state index is 13.5. The highest BCUT2D eigenvalue weighted by Gasteiger charge is 2.31. The molecule has 218 valence electrons. The second-order valence-electron chi connectivity index (χ2n) is 11.2. The van der Waals surface area contributed by atoms with Gasteiger partial charge in [-0.2, -0.15) is 0 Å². The van der Waals surface area contributed by atoms with E-state index in [2.05, 4.69) is 16.0 Å². The summed E-state index contributed by atoms with van der Waals surface area (Å²) >= 11 is 0. The molecule has 0 radical (unpaired) electrons. The Morgan fingerprint density at radius 2 is 1.27 bits per heavy atom. The van der Waals surface area contributed by atoms with Crippen molar-refractivity contribution < 1.29 is 28.7 Å². The van der Waals surface area contributed by atoms with Crippen molar-refractivity contribution in [2.45, 2.75) is 84.0 Å². The van der Waals surface area contributed by atoms with Gasteiger partial charge in [0.05, 0.1) is 7.11 Å². The van der Waals surface area contributed by atoms with Gasteiger partial charge in [-0.3, -0.25) is 9.59 Å². The molecule has 0 saturated heterocycles. The fourth-order valence-electron chi connectivity index (χ4n) is 4.11. The van der Waals surface area contributed by atoms with E-state index in [4.69, 9.17) is 9.47 Å². The zero-order valence-corrected chi connectivity index (χ0v) is 24.4. The molecule has 2 aromatic rings. The Morgan fingerprint density at radius 1 is 0.750 bits per heavy atom. The summed E-state index contributed by atoms with van der Waals surface area (Å²) in [6, 6.07) is 16.1. The molecule has 3 N–H and O–H groups in total. The van der Waals surface area contributed by atoms with Crippen LogP contribution in [0, 0.1) is 5.92 Å². The second-order valence-corrected chi connectivity index (χ2v) is 11.2. The van der Waals surface area contributed by atoms with Gasteiger partial charge >= 0.3 is 12.1 Å². The summed E-state index contributed by atoms with van der Waals surface area (Å²) in [6.07, 6.45) is 0.663. The van der Waals surface area contributed by atoms with Gasteiger partial charge in [-0.25, -0.2) is 9.59 Å². The summed E-state index contributed by atoms with van der Waals surface area (Å²) in [7, 11) is 1.26. The highest BCUT2D eigenvalue weighted by atomic mass is 16.6. The third kappa shape index (κ3) is 11.9. The molecule has 0 aliphatic heterocycles. The third-order valence-electron chi connectivity index (χ3n) is 6.00. The fraction of sp³-hybridized carbons (Fsp3) is 0.484. The molecule has 0 saturated carbocycles. The van der Waals surface area contributed by atoms with E-state index in [0.29, 0.717) is 19.3 Å². The molecule has 0 spiro atoms. The number of benzene rings is 2. The Bertz CT molecular complexity index is 1100. The molecule has 0 unspecified atom stereocenters. The summed E-state index contributed by atoms with van der Waals surface area (Å²) in [6.45, 7) is 9.07. The average molecular weight is 554 g/mol. The Labute approximate surface area is 237 Å². The lowest BCUT2D eigenvalue weighted by atomic mass is 10.00. The Hall–Kier alpha value is -3.88. The largest absolute Gasteiger partial charge is 0.467 e. The molecule has 0 aliphatic carbocycles. The van der Waals surface area contributed by atoms with Gasteiger partial charge in [0.25, 0.3) is 0 Å². The first-order valence-electron chi connectivity index (χ1n) is 13.6. The Morgan fingerprint density at radius 3 is 1.80 bits per heavy atom. The van der Waals surface area contributed by atoms with E-state index >= 15 is 0 Å². The lowest BCUT2D eigenvalue weighted by Crippen LogP contribution is -2.56. The van der Waals surface area contributed by atoms with Crippen LogP contribution < -0.4 is 16.0 Å². The van der Waals surface area contributed by atoms with Gasteiger partial charge in [0.15, 0.2) is 0 Å². The SMILES string of the molecule is COC(=O)[C@H](Cc1ccccc1)NC(=O)[C@@H](CC(C)C)NC(=O)[C@@H](CCc1ccccc1)NC(=O)OC(C)(C)C. The van der Waals surface area contributed by atoms with Gasteiger partial charge in [-0.05, 0) is 57.1 Å². The molecule has 9 nitrogen and oxygen atoms in total. The van der Waals surface area contributed by atoms with E-state index in [0.717, 1.165) is 11.1 Å². The minimum Gasteiger partial charge on any atom is -0.467 e. The number of carbonyl (C=O) groups excluding carboxylic acids is 4. The zero-order valence-electron chi connectivity index (χ0n) is 24.4. The highest BCUT2D eigenvalue weighted by molar-refractivity contribution is 5.93. The number of amides is 3. The monoisotopic (exact) mass is 553 g/mol. The van der Waals surface area contributed by atoms with Crippen molar-refractivity contribution in [2.75, 3.05) is 7.11 Å². The number of methoxy groups -OCH3 is 1. The molecular weight excluding hydrogens is 510 g/mol. The maximum Gasteiger partial charge on any atom is 0.408 e. The van der Waals surface area contributed by atoms with Gasteiger partial charge in [0.2, 0.25) is 11.8 Å². The fourth-order valence-corrected chi connectivity index (χ4v) is 4.11. The first-order valence-corrected chi connectivity index (χ1v) is 13.6. The number of esters is 1. The van der Waals surface area contributed by atoms with E-state index in [1.165, 1.54) is 7.11 Å². The van der Waals surface area contributed by atoms with Crippen molar-refractivity contribution in [3.63, 3.8) is 0 Å². The van der Waals surface area contributed by atoms with Crippen LogP contribution in [0.1, 0.15) is 58.6 Å². The van der Waals surface area contributed by atoms with Gasteiger partial charge < -0.3 is 25.4 Å². The molecule has 3 amide bonds. The molecule has 3 atom stereocenters. The molecule has 40 heavy (non-hydrogen) atoms. The molecule has 9 heteroatoms. The quantitative estimate of drug-likeness (QED) is 0.323. The van der Waals surface area contributed by atoms with Gasteiger partial charge in [-0.15, -0.1) is 0 Å². The van der Waals surface area contributed by atoms with Crippen LogP contribution in [0.4, 0.5) is 4.79 Å². The molecule has 0 heterocycles. The number of ether oxygens (including phenoxy) is 2. The summed E-state index contributed by atoms with van der Waals surface area (Å²) < 4.78 is 10.3. The molecule has 2 rings (SSSR count). The molecule has 2 aromatic carbocycles. The van der Waals surface area contributed by atoms with E-state index in [1.807, 2.05) is 74.5 Å². The number of carbonyl (C=O) groups is 4. The predicted octanol–water partition coefficient (Wildman–Crippen LogP) is 3.94. The lowest BCUT2D eigenvalue weighted by molar-refractivity contribution is -0.145. The first kappa shape index (κ1) is 32.3. The van der Waals surface area contributed by atoms with Gasteiger partial charge in [0, 0.05) is 6.42 Å². The number of nitrogens with one attached hydrogen (secondary N) is 3. The van der Waals surface area contributed by atoms with Crippen molar-refractivity contribution in [3.05, 3.63) is 71.8 Å². The first-order chi connectivity index (χ1) is 18.9. The lowest BCUT2D eigenvalue weighted by Gasteiger charge is -2.27. The average Bonchev–Trinajstić information content (AvgIpc) is 2.89. The van der Waals surface area contributed by atoms with Crippen LogP contribution in [-0.4, -0.2) is 54.7 Å². The van der Waals surface area contributed by atoms with Crippen molar-refractivity contribution in [1.82, 2.24) is 16.0 Å². The second kappa shape index (κ2) is 15.6. The van der Waals surface area contributed by atoms with Gasteiger partial charge in [0.1, 0.15) is 23.7 Å². The van der Waals surface area contributed by atoms with E-state index < -0.39 is 47.6 Å². The van der Waals surface area contributed by atoms with Crippen LogP contribution >= 0.6 is 0 Å². The van der Waals surface area contributed by atoms with E-state index in [1.54, 1.807) is 20.8 Å². The third-order valence-corrected chi connectivity index (χ3v) is 6.00. The number of aryl methyl sites for hydroxylation is 1. The standard InChI is InChI=1S/C31H43N3O6/c1-21(2)19-25(28(36)33-26(29(37)39-6)20-23-15-11-8-12-16-23)32-27(35)24(34-30(38)40-31(3,4)5)18-17-22-13-9-7-10-14-22/h7-16,21,24-26H,17-20H2,1-6H3,(H,32,35)(H,33,36)(H,34,38)/t24-,25-,26+/m1/s1. The molecule has 0 aliphatic rings. The van der Waals surface area contributed by atoms with Crippen molar-refractivity contribution in [1.29, 1.82) is 0 Å². The Kier molecular flexibility index (Phi) is 12.6. The van der Waals surface area contributed by atoms with Crippen LogP contribution in [0.2, 0.25) is 0 Å². The van der Waals surface area contributed by atoms with Crippen LogP contribution in [0.3, 0.4) is 0 Å². The zero-order chi connectivity index (χ0) is 29.7. The van der Waals surface area contributed by atoms with Crippen molar-refractivity contribution >= 4 is 23.9 Å². The van der Waals surface area contributed by atoms with E-state index in [-0.39, 0.29) is 12.3 Å². The summed E-state index contributed by atoms with van der Waals surface area (Å²) in [5, 5.41) is 8.22. The predicted molar refractivity (Wildman–Crippen MR) is 153 cm³/mol. The molecule has 0 fully saturated rings.